The number of amides is 2. The fourth-order valence-corrected chi connectivity index (χ4v) is 4.91. The second-order valence-corrected chi connectivity index (χ2v) is 10.4. The first-order chi connectivity index (χ1) is 14.1. The Kier molecular flexibility index (Phi) is 6.71. The number of hydrogen-bond donors (Lipinski definition) is 0. The van der Waals surface area contributed by atoms with Crippen LogP contribution in [0.2, 0.25) is 0 Å². The maximum absolute atomic E-state index is 13.6. The van der Waals surface area contributed by atoms with E-state index in [1.54, 1.807) is 16.2 Å². The highest BCUT2D eigenvalue weighted by atomic mass is 32.1. The van der Waals surface area contributed by atoms with Gasteiger partial charge in [0.05, 0.1) is 6.04 Å². The van der Waals surface area contributed by atoms with Gasteiger partial charge in [-0.3, -0.25) is 9.59 Å². The molecule has 162 valence electrons. The standard InChI is InChI=1S/C25H34N2O2S/c1-7-18(3)27(24(29)25(4,5)6)16-22(28)26-14-12-21-20(13-15-30-21)23(26)19-10-8-17(2)9-11-19/h8-11,13,15,18,23H,7,12,14,16H2,1-6H3/t18-,23-/m0/s1. The summed E-state index contributed by atoms with van der Waals surface area (Å²) in [5.74, 6) is 0.0562. The predicted molar refractivity (Wildman–Crippen MR) is 124 cm³/mol. The Morgan fingerprint density at radius 2 is 1.87 bits per heavy atom. The van der Waals surface area contributed by atoms with Crippen molar-refractivity contribution in [3.05, 3.63) is 57.3 Å². The Morgan fingerprint density at radius 3 is 2.47 bits per heavy atom. The van der Waals surface area contributed by atoms with Gasteiger partial charge in [0.2, 0.25) is 11.8 Å². The number of carbonyl (C=O) groups is 2. The summed E-state index contributed by atoms with van der Waals surface area (Å²) < 4.78 is 0. The van der Waals surface area contributed by atoms with Crippen molar-refractivity contribution in [2.75, 3.05) is 13.1 Å². The number of benzene rings is 1. The van der Waals surface area contributed by atoms with Crippen LogP contribution in [0.5, 0.6) is 0 Å². The molecule has 4 nitrogen and oxygen atoms in total. The van der Waals surface area contributed by atoms with E-state index in [-0.39, 0.29) is 30.4 Å². The van der Waals surface area contributed by atoms with Crippen LogP contribution in [-0.4, -0.2) is 40.7 Å². The van der Waals surface area contributed by atoms with Gasteiger partial charge in [-0.05, 0) is 49.3 Å². The summed E-state index contributed by atoms with van der Waals surface area (Å²) in [7, 11) is 0. The van der Waals surface area contributed by atoms with E-state index < -0.39 is 5.41 Å². The first-order valence-corrected chi connectivity index (χ1v) is 11.7. The van der Waals surface area contributed by atoms with E-state index in [9.17, 15) is 9.59 Å². The first-order valence-electron chi connectivity index (χ1n) is 10.9. The van der Waals surface area contributed by atoms with Crippen molar-refractivity contribution in [3.8, 4) is 0 Å². The lowest BCUT2D eigenvalue weighted by Crippen LogP contribution is -2.51. The quantitative estimate of drug-likeness (QED) is 0.659. The first kappa shape index (κ1) is 22.5. The number of fused-ring (bicyclic) bond motifs is 1. The second kappa shape index (κ2) is 8.93. The fraction of sp³-hybridized carbons (Fsp3) is 0.520. The molecule has 2 amide bonds. The van der Waals surface area contributed by atoms with Crippen LogP contribution in [0, 0.1) is 12.3 Å². The summed E-state index contributed by atoms with van der Waals surface area (Å²) in [6, 6.07) is 10.5. The zero-order valence-corrected chi connectivity index (χ0v) is 19.9. The minimum absolute atomic E-state index is 0.0234. The molecule has 0 saturated carbocycles. The Morgan fingerprint density at radius 1 is 1.20 bits per heavy atom. The van der Waals surface area contributed by atoms with Crippen molar-refractivity contribution in [2.24, 2.45) is 5.41 Å². The molecule has 1 aliphatic heterocycles. The summed E-state index contributed by atoms with van der Waals surface area (Å²) in [5, 5.41) is 2.12. The van der Waals surface area contributed by atoms with Crippen LogP contribution < -0.4 is 0 Å². The summed E-state index contributed by atoms with van der Waals surface area (Å²) in [4.78, 5) is 31.8. The minimum atomic E-state index is -0.511. The predicted octanol–water partition coefficient (Wildman–Crippen LogP) is 5.20. The van der Waals surface area contributed by atoms with Gasteiger partial charge >= 0.3 is 0 Å². The maximum Gasteiger partial charge on any atom is 0.243 e. The van der Waals surface area contributed by atoms with E-state index in [1.807, 2.05) is 32.6 Å². The topological polar surface area (TPSA) is 40.6 Å². The van der Waals surface area contributed by atoms with Crippen molar-refractivity contribution in [1.29, 1.82) is 0 Å². The molecule has 0 fully saturated rings. The van der Waals surface area contributed by atoms with Gasteiger partial charge in [0.25, 0.3) is 0 Å². The lowest BCUT2D eigenvalue weighted by atomic mass is 9.92. The third-order valence-corrected chi connectivity index (χ3v) is 7.01. The molecule has 2 atom stereocenters. The second-order valence-electron chi connectivity index (χ2n) is 9.39. The molecule has 0 aliphatic carbocycles. The van der Waals surface area contributed by atoms with Crippen molar-refractivity contribution in [3.63, 3.8) is 0 Å². The molecule has 1 aliphatic rings. The van der Waals surface area contributed by atoms with Crippen molar-refractivity contribution < 1.29 is 9.59 Å². The van der Waals surface area contributed by atoms with Gasteiger partial charge in [-0.2, -0.15) is 0 Å². The van der Waals surface area contributed by atoms with E-state index in [0.717, 1.165) is 18.4 Å². The molecule has 1 aromatic heterocycles. The van der Waals surface area contributed by atoms with E-state index in [1.165, 1.54) is 16.0 Å². The molecule has 2 aromatic rings. The van der Waals surface area contributed by atoms with Crippen molar-refractivity contribution >= 4 is 23.2 Å². The largest absolute Gasteiger partial charge is 0.330 e. The van der Waals surface area contributed by atoms with Gasteiger partial charge < -0.3 is 9.80 Å². The number of rotatable bonds is 5. The molecule has 0 N–H and O–H groups in total. The molecule has 0 spiro atoms. The maximum atomic E-state index is 13.6. The zero-order chi connectivity index (χ0) is 22.1. The highest BCUT2D eigenvalue weighted by Gasteiger charge is 2.36. The third kappa shape index (κ3) is 4.61. The minimum Gasteiger partial charge on any atom is -0.330 e. The van der Waals surface area contributed by atoms with E-state index in [0.29, 0.717) is 6.54 Å². The average molecular weight is 427 g/mol. The molecule has 30 heavy (non-hydrogen) atoms. The molecular weight excluding hydrogens is 392 g/mol. The molecule has 5 heteroatoms. The van der Waals surface area contributed by atoms with Crippen LogP contribution in [0.1, 0.15) is 68.6 Å². The Bertz CT molecular complexity index is 895. The van der Waals surface area contributed by atoms with Crippen LogP contribution in [0.15, 0.2) is 35.7 Å². The summed E-state index contributed by atoms with van der Waals surface area (Å²) >= 11 is 1.77. The smallest absolute Gasteiger partial charge is 0.243 e. The van der Waals surface area contributed by atoms with E-state index in [2.05, 4.69) is 49.6 Å². The highest BCUT2D eigenvalue weighted by molar-refractivity contribution is 7.10. The molecule has 1 aromatic carbocycles. The number of aryl methyl sites for hydroxylation is 1. The van der Waals surface area contributed by atoms with Gasteiger partial charge in [0.15, 0.2) is 0 Å². The summed E-state index contributed by atoms with van der Waals surface area (Å²) in [5.41, 5.74) is 3.05. The Hall–Kier alpha value is -2.14. The number of hydrogen-bond acceptors (Lipinski definition) is 3. The molecule has 0 bridgehead atoms. The van der Waals surface area contributed by atoms with Gasteiger partial charge in [0, 0.05) is 22.9 Å². The number of thiophene rings is 1. The SMILES string of the molecule is CC[C@H](C)N(CC(=O)N1CCc2sccc2[C@@H]1c1ccc(C)cc1)C(=O)C(C)(C)C. The highest BCUT2D eigenvalue weighted by Crippen LogP contribution is 2.38. The fourth-order valence-electron chi connectivity index (χ4n) is 4.01. The van der Waals surface area contributed by atoms with Crippen LogP contribution in [0.4, 0.5) is 0 Å². The van der Waals surface area contributed by atoms with Crippen LogP contribution in [0.25, 0.3) is 0 Å². The molecule has 0 unspecified atom stereocenters. The number of carbonyl (C=O) groups excluding carboxylic acids is 2. The molecule has 3 rings (SSSR count). The lowest BCUT2D eigenvalue weighted by Gasteiger charge is -2.39. The molecule has 0 radical (unpaired) electrons. The summed E-state index contributed by atoms with van der Waals surface area (Å²) in [6.07, 6.45) is 1.70. The monoisotopic (exact) mass is 426 g/mol. The van der Waals surface area contributed by atoms with Gasteiger partial charge in [-0.15, -0.1) is 11.3 Å². The van der Waals surface area contributed by atoms with Crippen LogP contribution >= 0.6 is 11.3 Å². The Balaban J connectivity index is 1.92. The molecular formula is C25H34N2O2S. The van der Waals surface area contributed by atoms with Gasteiger partial charge in [-0.1, -0.05) is 57.5 Å². The average Bonchev–Trinajstić information content (AvgIpc) is 3.19. The van der Waals surface area contributed by atoms with Crippen LogP contribution in [0.3, 0.4) is 0 Å². The normalized spacial score (nSPS) is 17.4. The number of nitrogens with zero attached hydrogens (tertiary/aromatic N) is 2. The zero-order valence-electron chi connectivity index (χ0n) is 19.1. The molecule has 2 heterocycles. The summed E-state index contributed by atoms with van der Waals surface area (Å²) in [6.45, 7) is 12.7. The van der Waals surface area contributed by atoms with Crippen molar-refractivity contribution in [2.45, 2.75) is 66.5 Å². The van der Waals surface area contributed by atoms with Gasteiger partial charge in [0.1, 0.15) is 6.54 Å². The Labute approximate surface area is 184 Å². The van der Waals surface area contributed by atoms with Crippen LogP contribution in [-0.2, 0) is 16.0 Å². The molecule has 0 saturated heterocycles. The third-order valence-electron chi connectivity index (χ3n) is 6.01. The lowest BCUT2D eigenvalue weighted by molar-refractivity contribution is -0.148. The van der Waals surface area contributed by atoms with E-state index >= 15 is 0 Å². The van der Waals surface area contributed by atoms with Crippen molar-refractivity contribution in [1.82, 2.24) is 9.80 Å². The van der Waals surface area contributed by atoms with E-state index in [4.69, 9.17) is 0 Å². The van der Waals surface area contributed by atoms with Gasteiger partial charge in [-0.25, -0.2) is 0 Å².